The summed E-state index contributed by atoms with van der Waals surface area (Å²) in [6, 6.07) is 0. The number of allylic oxidation sites excluding steroid dienone is 1. The van der Waals surface area contributed by atoms with Gasteiger partial charge in [0.2, 0.25) is 0 Å². The fourth-order valence-corrected chi connectivity index (χ4v) is 0.675. The van der Waals surface area contributed by atoms with E-state index in [1.54, 1.807) is 26.8 Å². The van der Waals surface area contributed by atoms with Gasteiger partial charge in [-0.2, -0.15) is 0 Å². The Morgan fingerprint density at radius 2 is 1.93 bits per heavy atom. The summed E-state index contributed by atoms with van der Waals surface area (Å²) in [5, 5.41) is 25.1. The highest BCUT2D eigenvalue weighted by molar-refractivity contribution is 5.85. The molecule has 0 aliphatic heterocycles. The molecule has 15 heavy (non-hydrogen) atoms. The first-order valence-electron chi connectivity index (χ1n) is 5.10. The second-order valence-electron chi connectivity index (χ2n) is 3.35. The average Bonchev–Trinajstić information content (AvgIpc) is 2.17. The Kier molecular flexibility index (Phi) is 12.4. The molecule has 1 unspecified atom stereocenters. The van der Waals surface area contributed by atoms with Crippen LogP contribution in [-0.2, 0) is 4.79 Å². The highest BCUT2D eigenvalue weighted by atomic mass is 16.4. The highest BCUT2D eigenvalue weighted by Crippen LogP contribution is 1.97. The van der Waals surface area contributed by atoms with Crippen LogP contribution in [0.1, 0.15) is 40.0 Å². The van der Waals surface area contributed by atoms with E-state index >= 15 is 0 Å². The Balaban J connectivity index is 0. The maximum absolute atomic E-state index is 9.86. The van der Waals surface area contributed by atoms with Crippen LogP contribution in [0.3, 0.4) is 0 Å². The summed E-state index contributed by atoms with van der Waals surface area (Å²) < 4.78 is 0. The first-order valence-corrected chi connectivity index (χ1v) is 5.10. The van der Waals surface area contributed by atoms with Gasteiger partial charge in [-0.3, -0.25) is 0 Å². The Morgan fingerprint density at radius 3 is 2.13 bits per heavy atom. The minimum atomic E-state index is -0.845. The van der Waals surface area contributed by atoms with Gasteiger partial charge in [0.05, 0.1) is 6.10 Å². The molecule has 0 fully saturated rings. The number of aliphatic hydroxyl groups is 2. The zero-order valence-electron chi connectivity index (χ0n) is 9.73. The van der Waals surface area contributed by atoms with Crippen LogP contribution in [0.25, 0.3) is 0 Å². The van der Waals surface area contributed by atoms with Crippen LogP contribution in [0.15, 0.2) is 11.6 Å². The summed E-state index contributed by atoms with van der Waals surface area (Å²) in [6.07, 6.45) is 3.89. The number of carbonyl (C=O) groups is 1. The predicted octanol–water partition coefficient (Wildman–Crippen LogP) is 1.57. The molecule has 0 saturated carbocycles. The van der Waals surface area contributed by atoms with E-state index in [0.717, 1.165) is 19.3 Å². The predicted molar refractivity (Wildman–Crippen MR) is 59.7 cm³/mol. The molecule has 0 aromatic rings. The molecule has 4 heteroatoms. The summed E-state index contributed by atoms with van der Waals surface area (Å²) in [5.41, 5.74) is 0.389. The van der Waals surface area contributed by atoms with Crippen LogP contribution in [-0.4, -0.2) is 34.0 Å². The van der Waals surface area contributed by atoms with Gasteiger partial charge in [-0.25, -0.2) is 4.79 Å². The molecule has 3 N–H and O–H groups in total. The van der Waals surface area contributed by atoms with E-state index in [1.807, 2.05) is 0 Å². The van der Waals surface area contributed by atoms with Gasteiger partial charge in [-0.05, 0) is 40.0 Å². The van der Waals surface area contributed by atoms with E-state index in [2.05, 4.69) is 0 Å². The van der Waals surface area contributed by atoms with Crippen molar-refractivity contribution in [1.29, 1.82) is 0 Å². The minimum absolute atomic E-state index is 0.207. The zero-order chi connectivity index (χ0) is 12.3. The van der Waals surface area contributed by atoms with Crippen molar-refractivity contribution >= 4 is 5.97 Å². The van der Waals surface area contributed by atoms with Gasteiger partial charge in [0.25, 0.3) is 0 Å². The number of aliphatic carboxylic acids is 1. The molecule has 90 valence electrons. The molecule has 0 rings (SSSR count). The summed E-state index contributed by atoms with van der Waals surface area (Å²) in [7, 11) is 0. The standard InChI is InChI=1S/C6H14O2.C5H8O2/c1-6(8)4-2-3-5-7;1-3-4(2)5(6)7/h6-8H,2-5H2,1H3;3H,1-2H3,(H,6,7). The SMILES string of the molecule is CC(O)CCCCO.CC=C(C)C(=O)O. The topological polar surface area (TPSA) is 77.8 Å². The Bertz CT molecular complexity index is 185. The molecular formula is C11H22O4. The van der Waals surface area contributed by atoms with Crippen LogP contribution in [0.5, 0.6) is 0 Å². The number of aliphatic hydroxyl groups excluding tert-OH is 2. The molecule has 0 spiro atoms. The number of hydrogen-bond donors (Lipinski definition) is 3. The third kappa shape index (κ3) is 15.9. The molecule has 0 aliphatic rings. The molecule has 0 saturated heterocycles. The molecule has 0 aromatic carbocycles. The van der Waals surface area contributed by atoms with Crippen LogP contribution in [0.4, 0.5) is 0 Å². The van der Waals surface area contributed by atoms with Gasteiger partial charge >= 0.3 is 5.97 Å². The Labute approximate surface area is 91.2 Å². The van der Waals surface area contributed by atoms with Crippen molar-refractivity contribution in [2.45, 2.75) is 46.1 Å². The monoisotopic (exact) mass is 218 g/mol. The lowest BCUT2D eigenvalue weighted by Gasteiger charge is -1.99. The van der Waals surface area contributed by atoms with E-state index in [4.69, 9.17) is 15.3 Å². The van der Waals surface area contributed by atoms with Gasteiger partial charge in [0.1, 0.15) is 0 Å². The Hall–Kier alpha value is -0.870. The van der Waals surface area contributed by atoms with Gasteiger partial charge in [-0.1, -0.05) is 6.08 Å². The summed E-state index contributed by atoms with van der Waals surface area (Å²) in [4.78, 5) is 9.86. The molecule has 0 heterocycles. The lowest BCUT2D eigenvalue weighted by molar-refractivity contribution is -0.132. The van der Waals surface area contributed by atoms with Gasteiger partial charge < -0.3 is 15.3 Å². The second-order valence-corrected chi connectivity index (χ2v) is 3.35. The van der Waals surface area contributed by atoms with E-state index < -0.39 is 5.97 Å². The van der Waals surface area contributed by atoms with E-state index in [0.29, 0.717) is 5.57 Å². The summed E-state index contributed by atoms with van der Waals surface area (Å²) >= 11 is 0. The van der Waals surface area contributed by atoms with Crippen molar-refractivity contribution in [3.05, 3.63) is 11.6 Å². The molecule has 0 radical (unpaired) electrons. The molecule has 0 aliphatic carbocycles. The number of rotatable bonds is 5. The van der Waals surface area contributed by atoms with E-state index in [-0.39, 0.29) is 12.7 Å². The number of unbranched alkanes of at least 4 members (excludes halogenated alkanes) is 1. The van der Waals surface area contributed by atoms with Crippen molar-refractivity contribution in [3.63, 3.8) is 0 Å². The first kappa shape index (κ1) is 16.6. The number of carboxylic acids is 1. The molecule has 0 aromatic heterocycles. The van der Waals surface area contributed by atoms with Gasteiger partial charge in [0, 0.05) is 12.2 Å². The summed E-state index contributed by atoms with van der Waals surface area (Å²) in [5.74, 6) is -0.845. The minimum Gasteiger partial charge on any atom is -0.478 e. The smallest absolute Gasteiger partial charge is 0.330 e. The van der Waals surface area contributed by atoms with Gasteiger partial charge in [-0.15, -0.1) is 0 Å². The fraction of sp³-hybridized carbons (Fsp3) is 0.727. The third-order valence-electron chi connectivity index (χ3n) is 1.80. The second kappa shape index (κ2) is 11.2. The molecule has 0 bridgehead atoms. The van der Waals surface area contributed by atoms with Crippen LogP contribution < -0.4 is 0 Å². The largest absolute Gasteiger partial charge is 0.478 e. The summed E-state index contributed by atoms with van der Waals surface area (Å²) in [6.45, 7) is 5.26. The molecule has 0 amide bonds. The van der Waals surface area contributed by atoms with Crippen LogP contribution >= 0.6 is 0 Å². The maximum Gasteiger partial charge on any atom is 0.330 e. The van der Waals surface area contributed by atoms with E-state index in [9.17, 15) is 4.79 Å². The van der Waals surface area contributed by atoms with Gasteiger partial charge in [0.15, 0.2) is 0 Å². The lowest BCUT2D eigenvalue weighted by Crippen LogP contribution is -1.98. The first-order chi connectivity index (χ1) is 6.95. The van der Waals surface area contributed by atoms with Crippen molar-refractivity contribution < 1.29 is 20.1 Å². The molecule has 4 nitrogen and oxygen atoms in total. The quantitative estimate of drug-likeness (QED) is 0.483. The highest BCUT2D eigenvalue weighted by Gasteiger charge is 1.93. The Morgan fingerprint density at radius 1 is 1.40 bits per heavy atom. The lowest BCUT2D eigenvalue weighted by atomic mass is 10.2. The van der Waals surface area contributed by atoms with Crippen molar-refractivity contribution in [2.24, 2.45) is 0 Å². The van der Waals surface area contributed by atoms with Crippen molar-refractivity contribution in [3.8, 4) is 0 Å². The number of carboxylic acid groups (broad SMARTS) is 1. The molecular weight excluding hydrogens is 196 g/mol. The fourth-order valence-electron chi connectivity index (χ4n) is 0.675. The number of hydrogen-bond acceptors (Lipinski definition) is 3. The zero-order valence-corrected chi connectivity index (χ0v) is 9.73. The average molecular weight is 218 g/mol. The maximum atomic E-state index is 9.86. The third-order valence-corrected chi connectivity index (χ3v) is 1.80. The normalized spacial score (nSPS) is 12.7. The van der Waals surface area contributed by atoms with Crippen LogP contribution in [0, 0.1) is 0 Å². The van der Waals surface area contributed by atoms with Crippen molar-refractivity contribution in [1.82, 2.24) is 0 Å². The van der Waals surface area contributed by atoms with E-state index in [1.165, 1.54) is 0 Å². The molecule has 1 atom stereocenters. The van der Waals surface area contributed by atoms with Crippen molar-refractivity contribution in [2.75, 3.05) is 6.61 Å². The van der Waals surface area contributed by atoms with Crippen LogP contribution in [0.2, 0.25) is 0 Å².